The highest BCUT2D eigenvalue weighted by Crippen LogP contribution is 2.17. The lowest BCUT2D eigenvalue weighted by atomic mass is 10.1. The number of hydrogen-bond acceptors (Lipinski definition) is 2. The van der Waals surface area contributed by atoms with Crippen molar-refractivity contribution < 1.29 is 9.90 Å². The van der Waals surface area contributed by atoms with Crippen LogP contribution in [0.3, 0.4) is 0 Å². The van der Waals surface area contributed by atoms with Crippen molar-refractivity contribution >= 4 is 18.4 Å². The number of carboxylic acid groups (broad SMARTS) is 1. The third kappa shape index (κ3) is 2.85. The number of aryl methyl sites for hydroxylation is 2. The molecule has 1 heterocycles. The summed E-state index contributed by atoms with van der Waals surface area (Å²) in [7, 11) is 0. The highest BCUT2D eigenvalue weighted by atomic mass is 35.5. The maximum absolute atomic E-state index is 11.9. The summed E-state index contributed by atoms with van der Waals surface area (Å²) in [5.74, 6) is -1.05. The van der Waals surface area contributed by atoms with Crippen LogP contribution in [-0.4, -0.2) is 15.6 Å². The monoisotopic (exact) mass is 279 g/mol. The van der Waals surface area contributed by atoms with Crippen LogP contribution < -0.4 is 5.56 Å². The first-order chi connectivity index (χ1) is 8.50. The minimum Gasteiger partial charge on any atom is -0.478 e. The predicted molar refractivity (Wildman–Crippen MR) is 75.7 cm³/mol. The van der Waals surface area contributed by atoms with Crippen LogP contribution in [0.4, 0.5) is 0 Å². The largest absolute Gasteiger partial charge is 0.478 e. The van der Waals surface area contributed by atoms with E-state index in [0.29, 0.717) is 0 Å². The number of aromatic carboxylic acids is 1. The molecular weight excluding hydrogens is 266 g/mol. The van der Waals surface area contributed by atoms with E-state index >= 15 is 0 Å². The molecule has 100 valence electrons. The van der Waals surface area contributed by atoms with E-state index in [1.54, 1.807) is 0 Å². The molecule has 2 rings (SSSR count). The van der Waals surface area contributed by atoms with Crippen molar-refractivity contribution in [2.45, 2.75) is 13.8 Å². The number of para-hydroxylation sites is 1. The van der Waals surface area contributed by atoms with Gasteiger partial charge in [-0.2, -0.15) is 0 Å². The SMILES string of the molecule is Cc1cccc(C)c1-n1cc(C(=O)O)ccc1=O.Cl. The first kappa shape index (κ1) is 15.0. The highest BCUT2D eigenvalue weighted by molar-refractivity contribution is 5.87. The summed E-state index contributed by atoms with van der Waals surface area (Å²) in [5.41, 5.74) is 2.46. The second kappa shape index (κ2) is 5.71. The van der Waals surface area contributed by atoms with Gasteiger partial charge in [0.25, 0.3) is 5.56 Å². The van der Waals surface area contributed by atoms with Gasteiger partial charge in [-0.15, -0.1) is 12.4 Å². The van der Waals surface area contributed by atoms with Crippen LogP contribution in [0, 0.1) is 13.8 Å². The molecule has 0 fully saturated rings. The zero-order chi connectivity index (χ0) is 13.3. The Balaban J connectivity index is 0.00000180. The maximum atomic E-state index is 11.9. The normalized spacial score (nSPS) is 9.79. The lowest BCUT2D eigenvalue weighted by Gasteiger charge is -2.12. The van der Waals surface area contributed by atoms with Gasteiger partial charge in [0, 0.05) is 12.3 Å². The average molecular weight is 280 g/mol. The van der Waals surface area contributed by atoms with Crippen LogP contribution in [0.2, 0.25) is 0 Å². The summed E-state index contributed by atoms with van der Waals surface area (Å²) >= 11 is 0. The minimum absolute atomic E-state index is 0. The van der Waals surface area contributed by atoms with Crippen molar-refractivity contribution in [1.82, 2.24) is 4.57 Å². The highest BCUT2D eigenvalue weighted by Gasteiger charge is 2.10. The molecule has 1 aromatic heterocycles. The number of halogens is 1. The molecule has 0 spiro atoms. The Kier molecular flexibility index (Phi) is 4.51. The number of aromatic nitrogens is 1. The molecule has 0 aliphatic carbocycles. The van der Waals surface area contributed by atoms with Gasteiger partial charge in [0.2, 0.25) is 0 Å². The average Bonchev–Trinajstić information content (AvgIpc) is 2.30. The molecule has 1 aromatic carbocycles. The maximum Gasteiger partial charge on any atom is 0.337 e. The zero-order valence-corrected chi connectivity index (χ0v) is 11.4. The van der Waals surface area contributed by atoms with Gasteiger partial charge < -0.3 is 5.11 Å². The van der Waals surface area contributed by atoms with Crippen LogP contribution in [0.25, 0.3) is 5.69 Å². The number of nitrogens with zero attached hydrogens (tertiary/aromatic N) is 1. The van der Waals surface area contributed by atoms with E-state index in [1.807, 2.05) is 32.0 Å². The number of carbonyl (C=O) groups is 1. The van der Waals surface area contributed by atoms with E-state index in [1.165, 1.54) is 22.9 Å². The van der Waals surface area contributed by atoms with Crippen molar-refractivity contribution in [3.05, 3.63) is 63.6 Å². The fraction of sp³-hybridized carbons (Fsp3) is 0.143. The van der Waals surface area contributed by atoms with E-state index in [2.05, 4.69) is 0 Å². The molecule has 0 atom stereocenters. The van der Waals surface area contributed by atoms with Crippen molar-refractivity contribution in [2.24, 2.45) is 0 Å². The van der Waals surface area contributed by atoms with Crippen molar-refractivity contribution in [3.8, 4) is 5.69 Å². The molecule has 19 heavy (non-hydrogen) atoms. The third-order valence-corrected chi connectivity index (χ3v) is 2.84. The van der Waals surface area contributed by atoms with Crippen molar-refractivity contribution in [3.63, 3.8) is 0 Å². The van der Waals surface area contributed by atoms with Crippen LogP contribution in [0.1, 0.15) is 21.5 Å². The van der Waals surface area contributed by atoms with E-state index in [9.17, 15) is 9.59 Å². The summed E-state index contributed by atoms with van der Waals surface area (Å²) in [6.07, 6.45) is 1.36. The van der Waals surface area contributed by atoms with Gasteiger partial charge in [-0.25, -0.2) is 4.79 Å². The Morgan fingerprint density at radius 1 is 1.11 bits per heavy atom. The Labute approximate surface area is 116 Å². The van der Waals surface area contributed by atoms with Crippen molar-refractivity contribution in [2.75, 3.05) is 0 Å². The first-order valence-corrected chi connectivity index (χ1v) is 5.53. The molecule has 1 N–H and O–H groups in total. The summed E-state index contributed by atoms with van der Waals surface area (Å²) in [5, 5.41) is 8.97. The molecule has 5 heteroatoms. The number of pyridine rings is 1. The predicted octanol–water partition coefficient (Wildman–Crippen LogP) is 2.57. The fourth-order valence-electron chi connectivity index (χ4n) is 1.97. The van der Waals surface area contributed by atoms with Crippen LogP contribution >= 0.6 is 12.4 Å². The zero-order valence-electron chi connectivity index (χ0n) is 10.6. The van der Waals surface area contributed by atoms with Gasteiger partial charge in [0.05, 0.1) is 11.3 Å². The molecular formula is C14H14ClNO3. The molecule has 4 nitrogen and oxygen atoms in total. The summed E-state index contributed by atoms with van der Waals surface area (Å²) < 4.78 is 1.38. The van der Waals surface area contributed by atoms with E-state index < -0.39 is 5.97 Å². The van der Waals surface area contributed by atoms with Gasteiger partial charge in [0.15, 0.2) is 0 Å². The van der Waals surface area contributed by atoms with Crippen LogP contribution in [0.15, 0.2) is 41.3 Å². The van der Waals surface area contributed by atoms with E-state index in [4.69, 9.17) is 5.11 Å². The second-order valence-corrected chi connectivity index (χ2v) is 4.17. The third-order valence-electron chi connectivity index (χ3n) is 2.84. The molecule has 0 saturated carbocycles. The number of carboxylic acids is 1. The Morgan fingerprint density at radius 2 is 1.68 bits per heavy atom. The standard InChI is InChI=1S/C14H13NO3.ClH/c1-9-4-3-5-10(2)13(9)15-8-11(14(17)18)6-7-12(15)16;/h3-8H,1-2H3,(H,17,18);1H. The minimum atomic E-state index is -1.05. The second-order valence-electron chi connectivity index (χ2n) is 4.17. The Bertz CT molecular complexity index is 656. The first-order valence-electron chi connectivity index (χ1n) is 5.53. The van der Waals surface area contributed by atoms with Gasteiger partial charge in [-0.1, -0.05) is 18.2 Å². The lowest BCUT2D eigenvalue weighted by molar-refractivity contribution is 0.0696. The van der Waals surface area contributed by atoms with Gasteiger partial charge >= 0.3 is 5.97 Å². The smallest absolute Gasteiger partial charge is 0.337 e. The van der Waals surface area contributed by atoms with Gasteiger partial charge in [-0.05, 0) is 31.0 Å². The molecule has 0 aliphatic heterocycles. The Morgan fingerprint density at radius 3 is 2.21 bits per heavy atom. The van der Waals surface area contributed by atoms with E-state index in [0.717, 1.165) is 16.8 Å². The molecule has 0 amide bonds. The van der Waals surface area contributed by atoms with Crippen LogP contribution in [-0.2, 0) is 0 Å². The molecule has 0 bridgehead atoms. The van der Waals surface area contributed by atoms with Crippen molar-refractivity contribution in [1.29, 1.82) is 0 Å². The van der Waals surface area contributed by atoms with Gasteiger partial charge in [-0.3, -0.25) is 9.36 Å². The number of hydrogen-bond donors (Lipinski definition) is 1. The molecule has 0 aliphatic rings. The molecule has 2 aromatic rings. The summed E-state index contributed by atoms with van der Waals surface area (Å²) in [6.45, 7) is 3.78. The lowest BCUT2D eigenvalue weighted by Crippen LogP contribution is -2.20. The molecule has 0 saturated heterocycles. The van der Waals surface area contributed by atoms with Gasteiger partial charge in [0.1, 0.15) is 0 Å². The van der Waals surface area contributed by atoms with E-state index in [-0.39, 0.29) is 23.5 Å². The molecule has 0 radical (unpaired) electrons. The number of benzene rings is 1. The topological polar surface area (TPSA) is 59.3 Å². The fourth-order valence-corrected chi connectivity index (χ4v) is 1.97. The Hall–Kier alpha value is -2.07. The van der Waals surface area contributed by atoms with Crippen LogP contribution in [0.5, 0.6) is 0 Å². The molecule has 0 unspecified atom stereocenters. The quantitative estimate of drug-likeness (QED) is 0.919. The number of rotatable bonds is 2. The summed E-state index contributed by atoms with van der Waals surface area (Å²) in [6, 6.07) is 8.27. The summed E-state index contributed by atoms with van der Waals surface area (Å²) in [4.78, 5) is 22.8.